The van der Waals surface area contributed by atoms with Gasteiger partial charge in [-0.15, -0.1) is 0 Å². The van der Waals surface area contributed by atoms with Crippen LogP contribution in [0.1, 0.15) is 75.6 Å². The van der Waals surface area contributed by atoms with Gasteiger partial charge in [-0.05, 0) is 110 Å². The number of rotatable bonds is 18. The lowest BCUT2D eigenvalue weighted by atomic mass is 9.96. The van der Waals surface area contributed by atoms with Crippen molar-refractivity contribution in [2.24, 2.45) is 5.92 Å². The molecule has 1 N–H and O–H groups in total. The molecule has 4 aromatic rings. The predicted octanol–water partition coefficient (Wildman–Crippen LogP) is 9.56. The minimum absolute atomic E-state index is 0.0238. The molecule has 0 saturated carbocycles. The summed E-state index contributed by atoms with van der Waals surface area (Å²) >= 11 is 0. The predicted molar refractivity (Wildman–Crippen MR) is 200 cm³/mol. The van der Waals surface area contributed by atoms with Crippen molar-refractivity contribution in [2.75, 3.05) is 13.2 Å². The molecule has 1 atom stereocenters. The normalized spacial score (nSPS) is 12.0. The van der Waals surface area contributed by atoms with Crippen LogP contribution in [0.15, 0.2) is 109 Å². The first kappa shape index (κ1) is 37.3. The maximum Gasteiger partial charge on any atom is 0.336 e. The highest BCUT2D eigenvalue weighted by molar-refractivity contribution is 5.90. The number of benzene rings is 4. The SMILES string of the molecule is C=C(C)C(=O)OCC(CCc1ccc(-c2ccc3cc(CCc4ccc(CCCCC)cc4)ccc3c2)cc1)COC(=O)C(=C)C(C)(C)O. The third-order valence-electron chi connectivity index (χ3n) is 9.06. The van der Waals surface area contributed by atoms with E-state index in [2.05, 4.69) is 105 Å². The first-order chi connectivity index (χ1) is 23.4. The Morgan fingerprint density at radius 3 is 1.82 bits per heavy atom. The van der Waals surface area contributed by atoms with E-state index in [4.69, 9.17) is 9.47 Å². The van der Waals surface area contributed by atoms with Crippen molar-refractivity contribution in [1.29, 1.82) is 0 Å². The summed E-state index contributed by atoms with van der Waals surface area (Å²) in [6, 6.07) is 31.0. The molecule has 5 nitrogen and oxygen atoms in total. The zero-order valence-corrected chi connectivity index (χ0v) is 29.7. The molecular weight excluding hydrogens is 608 g/mol. The molecule has 4 rings (SSSR count). The van der Waals surface area contributed by atoms with E-state index in [0.29, 0.717) is 18.4 Å². The summed E-state index contributed by atoms with van der Waals surface area (Å²) in [5.41, 5.74) is 6.51. The Hall–Kier alpha value is -4.48. The van der Waals surface area contributed by atoms with Gasteiger partial charge in [0.15, 0.2) is 0 Å². The van der Waals surface area contributed by atoms with Crippen LogP contribution in [0.5, 0.6) is 0 Å². The van der Waals surface area contributed by atoms with Gasteiger partial charge in [0.1, 0.15) is 0 Å². The van der Waals surface area contributed by atoms with Gasteiger partial charge in [0.05, 0.1) is 24.4 Å². The van der Waals surface area contributed by atoms with Crippen molar-refractivity contribution >= 4 is 22.7 Å². The summed E-state index contributed by atoms with van der Waals surface area (Å²) < 4.78 is 10.8. The third kappa shape index (κ3) is 11.6. The molecule has 0 aliphatic heterocycles. The number of aliphatic hydroxyl groups is 1. The minimum atomic E-state index is -1.38. The average molecular weight is 661 g/mol. The summed E-state index contributed by atoms with van der Waals surface area (Å²) in [5, 5.41) is 12.5. The zero-order valence-electron chi connectivity index (χ0n) is 29.7. The molecule has 0 aliphatic carbocycles. The Kier molecular flexibility index (Phi) is 13.6. The van der Waals surface area contributed by atoms with Crippen LogP contribution in [0.2, 0.25) is 0 Å². The second-order valence-corrected chi connectivity index (χ2v) is 13.8. The Morgan fingerprint density at radius 1 is 0.673 bits per heavy atom. The van der Waals surface area contributed by atoms with E-state index in [1.54, 1.807) is 6.92 Å². The Labute approximate surface area is 292 Å². The van der Waals surface area contributed by atoms with E-state index >= 15 is 0 Å². The molecule has 0 bridgehead atoms. The lowest BCUT2D eigenvalue weighted by Gasteiger charge is -2.21. The molecule has 4 aromatic carbocycles. The Morgan fingerprint density at radius 2 is 1.18 bits per heavy atom. The quantitative estimate of drug-likeness (QED) is 0.0654. The molecular formula is C44H52O5. The number of esters is 2. The highest BCUT2D eigenvalue weighted by Gasteiger charge is 2.26. The van der Waals surface area contributed by atoms with E-state index in [1.807, 2.05) is 0 Å². The van der Waals surface area contributed by atoms with Gasteiger partial charge in [0, 0.05) is 11.5 Å². The number of hydrogen-bond acceptors (Lipinski definition) is 5. The maximum atomic E-state index is 12.4. The van der Waals surface area contributed by atoms with Crippen molar-refractivity contribution < 1.29 is 24.2 Å². The van der Waals surface area contributed by atoms with Crippen molar-refractivity contribution in [2.45, 2.75) is 84.7 Å². The van der Waals surface area contributed by atoms with Gasteiger partial charge in [0.2, 0.25) is 0 Å². The van der Waals surface area contributed by atoms with E-state index in [0.717, 1.165) is 29.5 Å². The molecule has 0 heterocycles. The van der Waals surface area contributed by atoms with Crippen LogP contribution in [0.3, 0.4) is 0 Å². The number of hydrogen-bond donors (Lipinski definition) is 1. The highest BCUT2D eigenvalue weighted by atomic mass is 16.5. The van der Waals surface area contributed by atoms with Crippen LogP contribution < -0.4 is 0 Å². The fourth-order valence-corrected chi connectivity index (χ4v) is 5.67. The van der Waals surface area contributed by atoms with Gasteiger partial charge in [-0.25, -0.2) is 9.59 Å². The molecule has 0 amide bonds. The summed E-state index contributed by atoms with van der Waals surface area (Å²) in [5.74, 6) is -1.38. The third-order valence-corrected chi connectivity index (χ3v) is 9.06. The Bertz CT molecular complexity index is 1720. The molecule has 1 unspecified atom stereocenters. The lowest BCUT2D eigenvalue weighted by Crippen LogP contribution is -2.30. The fraction of sp³-hybridized carbons (Fsp3) is 0.364. The first-order valence-corrected chi connectivity index (χ1v) is 17.5. The standard InChI is InChI=1S/C44H52O5/c1-7-8-9-10-33-11-13-34(14-12-33)15-17-36-21-24-41-28-40(26-25-39(41)27-36)38-22-19-35(20-23-38)16-18-37(29-48-42(45)31(2)3)30-49-43(46)32(4)44(5,6)47/h11-14,19-28,37,47H,2,4,7-10,15-18,29-30H2,1,3,5-6H3. The van der Waals surface area contributed by atoms with Gasteiger partial charge in [-0.3, -0.25) is 0 Å². The van der Waals surface area contributed by atoms with E-state index < -0.39 is 17.5 Å². The van der Waals surface area contributed by atoms with Crippen molar-refractivity contribution in [1.82, 2.24) is 0 Å². The molecule has 0 fully saturated rings. The highest BCUT2D eigenvalue weighted by Crippen LogP contribution is 2.27. The molecule has 5 heteroatoms. The van der Waals surface area contributed by atoms with Gasteiger partial charge < -0.3 is 14.6 Å². The van der Waals surface area contributed by atoms with Gasteiger partial charge in [0.25, 0.3) is 0 Å². The van der Waals surface area contributed by atoms with Crippen molar-refractivity contribution in [3.05, 3.63) is 131 Å². The maximum absolute atomic E-state index is 12.4. The summed E-state index contributed by atoms with van der Waals surface area (Å²) in [7, 11) is 0. The van der Waals surface area contributed by atoms with Crippen molar-refractivity contribution in [3.63, 3.8) is 0 Å². The molecule has 0 radical (unpaired) electrons. The van der Waals surface area contributed by atoms with Gasteiger partial charge in [-0.2, -0.15) is 0 Å². The van der Waals surface area contributed by atoms with Crippen molar-refractivity contribution in [3.8, 4) is 11.1 Å². The van der Waals surface area contributed by atoms with Gasteiger partial charge in [-0.1, -0.05) is 112 Å². The van der Waals surface area contributed by atoms with Crippen LogP contribution in [0.25, 0.3) is 21.9 Å². The molecule has 0 saturated heterocycles. The number of ether oxygens (including phenoxy) is 2. The molecule has 0 aromatic heterocycles. The summed E-state index contributed by atoms with van der Waals surface area (Å²) in [4.78, 5) is 24.4. The summed E-state index contributed by atoms with van der Waals surface area (Å²) in [6.45, 7) is 14.2. The molecule has 0 spiro atoms. The zero-order chi connectivity index (χ0) is 35.4. The smallest absolute Gasteiger partial charge is 0.336 e. The number of carbonyl (C=O) groups excluding carboxylic acids is 2. The molecule has 49 heavy (non-hydrogen) atoms. The largest absolute Gasteiger partial charge is 0.462 e. The second kappa shape index (κ2) is 17.8. The monoisotopic (exact) mass is 660 g/mol. The van der Waals surface area contributed by atoms with E-state index in [-0.39, 0.29) is 24.7 Å². The van der Waals surface area contributed by atoms with E-state index in [9.17, 15) is 14.7 Å². The minimum Gasteiger partial charge on any atom is -0.462 e. The number of aryl methyl sites for hydroxylation is 4. The average Bonchev–Trinajstić information content (AvgIpc) is 3.09. The topological polar surface area (TPSA) is 72.8 Å². The Balaban J connectivity index is 1.34. The van der Waals surface area contributed by atoms with E-state index in [1.165, 1.54) is 67.0 Å². The van der Waals surface area contributed by atoms with Crippen LogP contribution in [-0.4, -0.2) is 35.9 Å². The number of fused-ring (bicyclic) bond motifs is 1. The van der Waals surface area contributed by atoms with Crippen LogP contribution >= 0.6 is 0 Å². The number of carbonyl (C=O) groups is 2. The second-order valence-electron chi connectivity index (χ2n) is 13.8. The van der Waals surface area contributed by atoms with Crippen LogP contribution in [0, 0.1) is 5.92 Å². The van der Waals surface area contributed by atoms with Crippen LogP contribution in [-0.2, 0) is 44.7 Å². The fourth-order valence-electron chi connectivity index (χ4n) is 5.67. The molecule has 0 aliphatic rings. The number of unbranched alkanes of at least 4 members (excludes halogenated alkanes) is 2. The lowest BCUT2D eigenvalue weighted by molar-refractivity contribution is -0.145. The van der Waals surface area contributed by atoms with Crippen LogP contribution in [0.4, 0.5) is 0 Å². The first-order valence-electron chi connectivity index (χ1n) is 17.5. The summed E-state index contributed by atoms with van der Waals surface area (Å²) in [6.07, 6.45) is 8.39. The molecule has 258 valence electrons. The van der Waals surface area contributed by atoms with Gasteiger partial charge >= 0.3 is 11.9 Å².